The molecule has 6 nitrogen and oxygen atoms in total. The number of hydrogen-bond acceptors (Lipinski definition) is 5. The summed E-state index contributed by atoms with van der Waals surface area (Å²) < 4.78 is 1.46. The molecule has 2 N–H and O–H groups in total. The molecule has 1 heterocycles. The van der Waals surface area contributed by atoms with Gasteiger partial charge in [-0.15, -0.1) is 10.2 Å². The normalized spacial score (nSPS) is 11.8. The van der Waals surface area contributed by atoms with E-state index in [0.29, 0.717) is 24.1 Å². The van der Waals surface area contributed by atoms with Gasteiger partial charge < -0.3 is 10.7 Å². The lowest BCUT2D eigenvalue weighted by molar-refractivity contribution is -0.131. The number of nitrogens with two attached hydrogens (primary N) is 1. The molecule has 1 atom stereocenters. The van der Waals surface area contributed by atoms with E-state index < -0.39 is 0 Å². The highest BCUT2D eigenvalue weighted by atomic mass is 32.2. The maximum Gasteiger partial charge on any atom is 0.236 e. The zero-order chi connectivity index (χ0) is 23.2. The molecule has 1 unspecified atom stereocenters. The predicted octanol–water partition coefficient (Wildman–Crippen LogP) is 4.68. The summed E-state index contributed by atoms with van der Waals surface area (Å²) in [5.74, 6) is 6.88. The number of benzene rings is 3. The monoisotopic (exact) mass is 457 g/mol. The van der Waals surface area contributed by atoms with Gasteiger partial charge in [-0.05, 0) is 25.0 Å². The quantitative estimate of drug-likeness (QED) is 0.307. The third-order valence-corrected chi connectivity index (χ3v) is 6.39. The molecule has 0 saturated carbocycles. The van der Waals surface area contributed by atoms with E-state index in [1.165, 1.54) is 16.4 Å². The third kappa shape index (κ3) is 5.62. The second kappa shape index (κ2) is 10.4. The third-order valence-electron chi connectivity index (χ3n) is 5.35. The molecule has 0 saturated heterocycles. The highest BCUT2D eigenvalue weighted by Crippen LogP contribution is 2.27. The van der Waals surface area contributed by atoms with Gasteiger partial charge in [0.15, 0.2) is 5.82 Å². The number of nitrogen functional groups attached to an aromatic ring is 1. The summed E-state index contributed by atoms with van der Waals surface area (Å²) in [5.41, 5.74) is 4.22. The molecule has 0 spiro atoms. The Kier molecular flexibility index (Phi) is 7.10. The summed E-state index contributed by atoms with van der Waals surface area (Å²) in [4.78, 5) is 15.4. The molecular formula is C26H27N5OS. The van der Waals surface area contributed by atoms with Crippen molar-refractivity contribution in [2.45, 2.75) is 37.3 Å². The zero-order valence-electron chi connectivity index (χ0n) is 18.8. The Morgan fingerprint density at radius 3 is 2.00 bits per heavy atom. The molecule has 0 aliphatic carbocycles. The summed E-state index contributed by atoms with van der Waals surface area (Å²) in [6.07, 6.45) is 0. The SMILES string of the molecule is Cc1ccc(-c2nnc(SC(C)C(=O)N(Cc3ccccc3)Cc3ccccc3)n2N)cc1. The van der Waals surface area contributed by atoms with E-state index in [1.807, 2.05) is 104 Å². The molecule has 4 rings (SSSR count). The maximum atomic E-state index is 13.5. The van der Waals surface area contributed by atoms with Crippen molar-refractivity contribution < 1.29 is 4.79 Å². The highest BCUT2D eigenvalue weighted by molar-refractivity contribution is 8.00. The van der Waals surface area contributed by atoms with E-state index >= 15 is 0 Å². The number of nitrogens with zero attached hydrogens (tertiary/aromatic N) is 4. The molecule has 3 aromatic carbocycles. The number of carbonyl (C=O) groups is 1. The standard InChI is InChI=1S/C26H27N5OS/c1-19-13-15-23(16-14-19)24-28-29-26(31(24)27)33-20(2)25(32)30(17-21-9-5-3-6-10-21)18-22-11-7-4-8-12-22/h3-16,20H,17-18,27H2,1-2H3. The van der Waals surface area contributed by atoms with Gasteiger partial charge in [-0.3, -0.25) is 4.79 Å². The minimum Gasteiger partial charge on any atom is -0.335 e. The highest BCUT2D eigenvalue weighted by Gasteiger charge is 2.25. The van der Waals surface area contributed by atoms with Crippen molar-refractivity contribution in [1.82, 2.24) is 19.8 Å². The number of hydrogen-bond donors (Lipinski definition) is 1. The van der Waals surface area contributed by atoms with Gasteiger partial charge in [-0.1, -0.05) is 102 Å². The fourth-order valence-electron chi connectivity index (χ4n) is 3.54. The first-order valence-corrected chi connectivity index (χ1v) is 11.7. The Bertz CT molecular complexity index is 1150. The van der Waals surface area contributed by atoms with Crippen LogP contribution in [0.4, 0.5) is 0 Å². The van der Waals surface area contributed by atoms with Gasteiger partial charge in [0, 0.05) is 18.7 Å². The molecule has 0 aliphatic heterocycles. The number of amides is 1. The van der Waals surface area contributed by atoms with Crippen LogP contribution in [-0.2, 0) is 17.9 Å². The Labute approximate surface area is 198 Å². The average molecular weight is 458 g/mol. The van der Waals surface area contributed by atoms with Gasteiger partial charge in [0.2, 0.25) is 11.1 Å². The van der Waals surface area contributed by atoms with Crippen LogP contribution >= 0.6 is 11.8 Å². The Balaban J connectivity index is 1.52. The van der Waals surface area contributed by atoms with Crippen molar-refractivity contribution in [3.63, 3.8) is 0 Å². The van der Waals surface area contributed by atoms with Crippen LogP contribution in [0.15, 0.2) is 90.1 Å². The summed E-state index contributed by atoms with van der Waals surface area (Å²) in [5, 5.41) is 8.62. The van der Waals surface area contributed by atoms with Crippen LogP contribution in [0.5, 0.6) is 0 Å². The van der Waals surface area contributed by atoms with Gasteiger partial charge >= 0.3 is 0 Å². The fraction of sp³-hybridized carbons (Fsp3) is 0.192. The van der Waals surface area contributed by atoms with Crippen LogP contribution < -0.4 is 5.84 Å². The maximum absolute atomic E-state index is 13.5. The Morgan fingerprint density at radius 1 is 0.909 bits per heavy atom. The molecule has 7 heteroatoms. The van der Waals surface area contributed by atoms with Gasteiger partial charge in [-0.25, -0.2) is 4.68 Å². The van der Waals surface area contributed by atoms with E-state index in [9.17, 15) is 4.79 Å². The summed E-state index contributed by atoms with van der Waals surface area (Å²) in [6, 6.07) is 28.0. The molecule has 1 amide bonds. The number of aromatic nitrogens is 3. The number of aryl methyl sites for hydroxylation is 1. The van der Waals surface area contributed by atoms with Crippen molar-refractivity contribution >= 4 is 17.7 Å². The minimum absolute atomic E-state index is 0.0209. The number of rotatable bonds is 8. The molecule has 0 fully saturated rings. The zero-order valence-corrected chi connectivity index (χ0v) is 19.6. The molecule has 33 heavy (non-hydrogen) atoms. The molecule has 1 aromatic heterocycles. The first-order valence-electron chi connectivity index (χ1n) is 10.8. The van der Waals surface area contributed by atoms with E-state index in [1.54, 1.807) is 0 Å². The lowest BCUT2D eigenvalue weighted by Gasteiger charge is -2.26. The molecule has 168 valence electrons. The van der Waals surface area contributed by atoms with Gasteiger partial charge in [0.1, 0.15) is 0 Å². The van der Waals surface area contributed by atoms with Crippen molar-refractivity contribution in [2.75, 3.05) is 5.84 Å². The van der Waals surface area contributed by atoms with Crippen molar-refractivity contribution in [2.24, 2.45) is 0 Å². The van der Waals surface area contributed by atoms with Crippen LogP contribution in [0, 0.1) is 6.92 Å². The Morgan fingerprint density at radius 2 is 1.45 bits per heavy atom. The molecule has 4 aromatic rings. The van der Waals surface area contributed by atoms with Gasteiger partial charge in [-0.2, -0.15) is 0 Å². The fourth-order valence-corrected chi connectivity index (χ4v) is 4.40. The second-order valence-corrected chi connectivity index (χ2v) is 9.28. The second-order valence-electron chi connectivity index (χ2n) is 7.97. The van der Waals surface area contributed by atoms with Crippen molar-refractivity contribution in [3.05, 3.63) is 102 Å². The summed E-state index contributed by atoms with van der Waals surface area (Å²) >= 11 is 1.32. The number of carbonyl (C=O) groups excluding carboxylic acids is 1. The molecule has 0 radical (unpaired) electrons. The average Bonchev–Trinajstić information content (AvgIpc) is 3.20. The van der Waals surface area contributed by atoms with E-state index in [2.05, 4.69) is 10.2 Å². The van der Waals surface area contributed by atoms with E-state index in [4.69, 9.17) is 5.84 Å². The van der Waals surface area contributed by atoms with E-state index in [0.717, 1.165) is 22.3 Å². The number of thioether (sulfide) groups is 1. The minimum atomic E-state index is -0.380. The molecular weight excluding hydrogens is 430 g/mol. The van der Waals surface area contributed by atoms with E-state index in [-0.39, 0.29) is 11.2 Å². The first-order chi connectivity index (χ1) is 16.0. The molecule has 0 bridgehead atoms. The van der Waals surface area contributed by atoms with Crippen LogP contribution in [0.25, 0.3) is 11.4 Å². The first kappa shape index (κ1) is 22.6. The molecule has 0 aliphatic rings. The smallest absolute Gasteiger partial charge is 0.236 e. The topological polar surface area (TPSA) is 77.0 Å². The van der Waals surface area contributed by atoms with Gasteiger partial charge in [0.05, 0.1) is 5.25 Å². The van der Waals surface area contributed by atoms with Gasteiger partial charge in [0.25, 0.3) is 0 Å². The Hall–Kier alpha value is -3.58. The van der Waals surface area contributed by atoms with Crippen LogP contribution in [0.2, 0.25) is 0 Å². The van der Waals surface area contributed by atoms with Crippen LogP contribution in [-0.4, -0.2) is 30.9 Å². The van der Waals surface area contributed by atoms with Crippen LogP contribution in [0.1, 0.15) is 23.6 Å². The van der Waals surface area contributed by atoms with Crippen molar-refractivity contribution in [3.8, 4) is 11.4 Å². The summed E-state index contributed by atoms with van der Waals surface area (Å²) in [7, 11) is 0. The van der Waals surface area contributed by atoms with Crippen molar-refractivity contribution in [1.29, 1.82) is 0 Å². The lowest BCUT2D eigenvalue weighted by Crippen LogP contribution is -2.36. The predicted molar refractivity (Wildman–Crippen MR) is 133 cm³/mol. The van der Waals surface area contributed by atoms with Crippen LogP contribution in [0.3, 0.4) is 0 Å². The summed E-state index contributed by atoms with van der Waals surface area (Å²) in [6.45, 7) is 4.98. The lowest BCUT2D eigenvalue weighted by atomic mass is 10.1. The largest absolute Gasteiger partial charge is 0.335 e.